The molecular weight excluding hydrogens is 315 g/mol. The van der Waals surface area contributed by atoms with Gasteiger partial charge in [-0.25, -0.2) is 4.98 Å². The van der Waals surface area contributed by atoms with Crippen LogP contribution in [0.5, 0.6) is 0 Å². The predicted molar refractivity (Wildman–Crippen MR) is 81.8 cm³/mol. The average Bonchev–Trinajstić information content (AvgIpc) is 2.98. The second-order valence-electron chi connectivity index (χ2n) is 5.39. The van der Waals surface area contributed by atoms with Crippen LogP contribution in [-0.4, -0.2) is 33.9 Å². The van der Waals surface area contributed by atoms with Crippen LogP contribution in [0.15, 0.2) is 24.5 Å². The van der Waals surface area contributed by atoms with Gasteiger partial charge in [-0.2, -0.15) is 14.8 Å². The van der Waals surface area contributed by atoms with Crippen molar-refractivity contribution in [3.63, 3.8) is 0 Å². The Balaban J connectivity index is 1.93. The number of nitrogens with one attached hydrogen (secondary N) is 1. The summed E-state index contributed by atoms with van der Waals surface area (Å²) < 4.78 is 20.1. The molecule has 0 radical (unpaired) electrons. The highest BCUT2D eigenvalue weighted by molar-refractivity contribution is 5.98. The van der Waals surface area contributed by atoms with Crippen LogP contribution in [0.1, 0.15) is 22.8 Å². The summed E-state index contributed by atoms with van der Waals surface area (Å²) >= 11 is 0. The molecule has 0 saturated carbocycles. The van der Waals surface area contributed by atoms with E-state index in [1.807, 2.05) is 0 Å². The van der Waals surface area contributed by atoms with E-state index < -0.39 is 11.9 Å². The molecule has 9 heteroatoms. The number of nitrogens with zero attached hydrogens (tertiary/aromatic N) is 4. The minimum atomic E-state index is -0.677. The fourth-order valence-electron chi connectivity index (χ4n) is 2.59. The summed E-state index contributed by atoms with van der Waals surface area (Å²) in [5.41, 5.74) is 5.92. The van der Waals surface area contributed by atoms with Crippen LogP contribution < -0.4 is 11.1 Å². The van der Waals surface area contributed by atoms with Gasteiger partial charge in [-0.3, -0.25) is 9.48 Å². The standard InChI is InChI=1S/C15H15FN6O2/c16-13-5-10(1-3-19-13)20-15-11(14(18)23)7-22(21-15)12-8-24-4-2-9(12)6-17/h1,3,5,7,9,12H,2,4,8H2,(H2,18,23)(H,19,20,21)/t9-,12+/m0/s1. The first-order valence-corrected chi connectivity index (χ1v) is 7.33. The molecule has 0 unspecified atom stereocenters. The van der Waals surface area contributed by atoms with Gasteiger partial charge in [0.25, 0.3) is 5.91 Å². The Hall–Kier alpha value is -2.99. The number of anilines is 2. The van der Waals surface area contributed by atoms with Gasteiger partial charge in [-0.15, -0.1) is 0 Å². The molecule has 3 rings (SSSR count). The molecule has 1 aliphatic rings. The molecule has 0 spiro atoms. The Morgan fingerprint density at radius 2 is 2.42 bits per heavy atom. The van der Waals surface area contributed by atoms with Crippen molar-refractivity contribution in [2.45, 2.75) is 12.5 Å². The van der Waals surface area contributed by atoms with Gasteiger partial charge in [-0.05, 0) is 12.5 Å². The molecule has 1 aliphatic heterocycles. The first-order valence-electron chi connectivity index (χ1n) is 7.33. The Labute approximate surface area is 137 Å². The summed E-state index contributed by atoms with van der Waals surface area (Å²) in [6, 6.07) is 4.63. The monoisotopic (exact) mass is 330 g/mol. The highest BCUT2D eigenvalue weighted by Crippen LogP contribution is 2.28. The van der Waals surface area contributed by atoms with Crippen LogP contribution in [0.3, 0.4) is 0 Å². The van der Waals surface area contributed by atoms with Gasteiger partial charge in [0, 0.05) is 30.8 Å². The lowest BCUT2D eigenvalue weighted by molar-refractivity contribution is 0.0342. The zero-order valence-electron chi connectivity index (χ0n) is 12.6. The van der Waals surface area contributed by atoms with Gasteiger partial charge in [-0.1, -0.05) is 0 Å². The van der Waals surface area contributed by atoms with E-state index in [2.05, 4.69) is 21.5 Å². The highest BCUT2D eigenvalue weighted by Gasteiger charge is 2.29. The third kappa shape index (κ3) is 3.18. The van der Waals surface area contributed by atoms with Gasteiger partial charge in [0.05, 0.1) is 24.6 Å². The molecule has 1 amide bonds. The van der Waals surface area contributed by atoms with Gasteiger partial charge >= 0.3 is 0 Å². The molecule has 3 N–H and O–H groups in total. The highest BCUT2D eigenvalue weighted by atomic mass is 19.1. The SMILES string of the molecule is N#C[C@@H]1CCOC[C@H]1n1cc(C(N)=O)c(Nc2ccnc(F)c2)n1. The second kappa shape index (κ2) is 6.64. The van der Waals surface area contributed by atoms with Crippen LogP contribution in [0.25, 0.3) is 0 Å². The number of halogens is 1. The first-order chi connectivity index (χ1) is 11.6. The van der Waals surface area contributed by atoms with Crippen molar-refractivity contribution in [3.05, 3.63) is 36.0 Å². The maximum absolute atomic E-state index is 13.2. The van der Waals surface area contributed by atoms with E-state index >= 15 is 0 Å². The molecule has 2 aromatic heterocycles. The predicted octanol–water partition coefficient (Wildman–Crippen LogP) is 1.36. The van der Waals surface area contributed by atoms with Crippen molar-refractivity contribution in [2.24, 2.45) is 11.7 Å². The van der Waals surface area contributed by atoms with Crippen LogP contribution in [0, 0.1) is 23.2 Å². The molecule has 2 atom stereocenters. The maximum Gasteiger partial charge on any atom is 0.254 e. The van der Waals surface area contributed by atoms with Crippen molar-refractivity contribution in [2.75, 3.05) is 18.5 Å². The van der Waals surface area contributed by atoms with Gasteiger partial charge in [0.15, 0.2) is 5.82 Å². The van der Waals surface area contributed by atoms with Crippen LogP contribution in [0.2, 0.25) is 0 Å². The van der Waals surface area contributed by atoms with Crippen LogP contribution >= 0.6 is 0 Å². The van der Waals surface area contributed by atoms with Crippen molar-refractivity contribution < 1.29 is 13.9 Å². The number of carbonyl (C=O) groups excluding carboxylic acids is 1. The Morgan fingerprint density at radius 3 is 3.12 bits per heavy atom. The van der Waals surface area contributed by atoms with E-state index in [9.17, 15) is 14.4 Å². The number of pyridine rings is 1. The lowest BCUT2D eigenvalue weighted by Gasteiger charge is -2.26. The van der Waals surface area contributed by atoms with Crippen LogP contribution in [0.4, 0.5) is 15.9 Å². The number of nitrogens with two attached hydrogens (primary N) is 1. The van der Waals surface area contributed by atoms with E-state index in [4.69, 9.17) is 10.5 Å². The molecule has 2 aromatic rings. The summed E-state index contributed by atoms with van der Waals surface area (Å²) in [7, 11) is 0. The lowest BCUT2D eigenvalue weighted by Crippen LogP contribution is -2.29. The molecule has 8 nitrogen and oxygen atoms in total. The number of amides is 1. The van der Waals surface area contributed by atoms with E-state index in [1.54, 1.807) is 0 Å². The summed E-state index contributed by atoms with van der Waals surface area (Å²) in [4.78, 5) is 15.1. The Morgan fingerprint density at radius 1 is 1.58 bits per heavy atom. The van der Waals surface area contributed by atoms with Crippen LogP contribution in [-0.2, 0) is 4.74 Å². The lowest BCUT2D eigenvalue weighted by atomic mass is 9.97. The number of carbonyl (C=O) groups is 1. The number of nitriles is 1. The zero-order valence-corrected chi connectivity index (χ0v) is 12.6. The molecule has 24 heavy (non-hydrogen) atoms. The topological polar surface area (TPSA) is 119 Å². The van der Waals surface area contributed by atoms with Crippen molar-refractivity contribution in [3.8, 4) is 6.07 Å². The first kappa shape index (κ1) is 15.9. The number of hydrogen-bond acceptors (Lipinski definition) is 6. The van der Waals surface area contributed by atoms with Gasteiger partial charge in [0.1, 0.15) is 5.56 Å². The molecular formula is C15H15FN6O2. The van der Waals surface area contributed by atoms with Crippen molar-refractivity contribution in [1.29, 1.82) is 5.26 Å². The number of rotatable bonds is 4. The summed E-state index contributed by atoms with van der Waals surface area (Å²) in [6.45, 7) is 0.835. The number of hydrogen-bond donors (Lipinski definition) is 2. The van der Waals surface area contributed by atoms with Crippen molar-refractivity contribution in [1.82, 2.24) is 14.8 Å². The molecule has 0 bridgehead atoms. The fourth-order valence-corrected chi connectivity index (χ4v) is 2.59. The molecule has 0 aromatic carbocycles. The molecule has 3 heterocycles. The molecule has 1 saturated heterocycles. The smallest absolute Gasteiger partial charge is 0.254 e. The zero-order chi connectivity index (χ0) is 17.1. The van der Waals surface area contributed by atoms with E-state index in [0.717, 1.165) is 0 Å². The van der Waals surface area contributed by atoms with E-state index in [0.29, 0.717) is 25.3 Å². The average molecular weight is 330 g/mol. The summed E-state index contributed by atoms with van der Waals surface area (Å²) in [5.74, 6) is -1.42. The number of primary amides is 1. The number of ether oxygens (including phenoxy) is 1. The maximum atomic E-state index is 13.2. The minimum absolute atomic E-state index is 0.148. The summed E-state index contributed by atoms with van der Waals surface area (Å²) in [5, 5.41) is 16.4. The fraction of sp³-hybridized carbons (Fsp3) is 0.333. The second-order valence-corrected chi connectivity index (χ2v) is 5.39. The molecule has 0 aliphatic carbocycles. The van der Waals surface area contributed by atoms with E-state index in [1.165, 1.54) is 29.2 Å². The van der Waals surface area contributed by atoms with Gasteiger partial charge < -0.3 is 15.8 Å². The molecule has 1 fully saturated rings. The third-order valence-electron chi connectivity index (χ3n) is 3.82. The quantitative estimate of drug-likeness (QED) is 0.817. The molecule has 124 valence electrons. The normalized spacial score (nSPS) is 20.3. The summed E-state index contributed by atoms with van der Waals surface area (Å²) in [6.07, 6.45) is 3.36. The third-order valence-corrected chi connectivity index (χ3v) is 3.82. The minimum Gasteiger partial charge on any atom is -0.379 e. The van der Waals surface area contributed by atoms with Gasteiger partial charge in [0.2, 0.25) is 5.95 Å². The van der Waals surface area contributed by atoms with E-state index in [-0.39, 0.29) is 23.3 Å². The Kier molecular flexibility index (Phi) is 4.39. The largest absolute Gasteiger partial charge is 0.379 e. The Bertz CT molecular complexity index is 800. The number of aromatic nitrogens is 3. The van der Waals surface area contributed by atoms with Crippen molar-refractivity contribution >= 4 is 17.4 Å².